The van der Waals surface area contributed by atoms with E-state index in [0.29, 0.717) is 22.6 Å². The number of benzene rings is 6. The zero-order chi connectivity index (χ0) is 36.9. The predicted octanol–water partition coefficient (Wildman–Crippen LogP) is 11.5. The van der Waals surface area contributed by atoms with Crippen LogP contribution in [0.1, 0.15) is 11.1 Å². The second kappa shape index (κ2) is 12.9. The normalized spacial score (nSPS) is 11.2. The first kappa shape index (κ1) is 31.7. The Kier molecular flexibility index (Phi) is 7.43. The number of ether oxygens (including phenoxy) is 1. The van der Waals surface area contributed by atoms with E-state index in [1.165, 1.54) is 0 Å². The Morgan fingerprint density at radius 3 is 1.25 bits per heavy atom. The van der Waals surface area contributed by atoms with Crippen LogP contribution in [0.4, 0.5) is 0 Å². The van der Waals surface area contributed by atoms with Gasteiger partial charge in [0.05, 0.1) is 33.2 Å². The van der Waals surface area contributed by atoms with Crippen LogP contribution in [0, 0.1) is 22.7 Å². The van der Waals surface area contributed by atoms with E-state index in [1.807, 2.05) is 109 Å². The molecule has 256 valence electrons. The molecule has 0 aliphatic carbocycles. The van der Waals surface area contributed by atoms with Gasteiger partial charge in [0.15, 0.2) is 0 Å². The summed E-state index contributed by atoms with van der Waals surface area (Å²) >= 11 is 0. The van der Waals surface area contributed by atoms with E-state index in [9.17, 15) is 10.5 Å². The number of nitriles is 2. The van der Waals surface area contributed by atoms with Crippen LogP contribution >= 0.6 is 0 Å². The van der Waals surface area contributed by atoms with Crippen molar-refractivity contribution in [2.75, 3.05) is 0 Å². The molecule has 0 radical (unpaired) electrons. The van der Waals surface area contributed by atoms with Gasteiger partial charge in [-0.1, -0.05) is 97.1 Å². The Bertz CT molecular complexity index is 2990. The van der Waals surface area contributed by atoms with Gasteiger partial charge in [0, 0.05) is 46.1 Å². The minimum Gasteiger partial charge on any atom is -0.454 e. The Hall–Kier alpha value is -8.00. The second-order valence-corrected chi connectivity index (χ2v) is 13.3. The second-order valence-electron chi connectivity index (χ2n) is 13.3. The highest BCUT2D eigenvalue weighted by Crippen LogP contribution is 2.41. The van der Waals surface area contributed by atoms with Gasteiger partial charge < -0.3 is 4.74 Å². The van der Waals surface area contributed by atoms with E-state index in [2.05, 4.69) is 81.9 Å². The third kappa shape index (κ3) is 5.27. The molecule has 7 heteroatoms. The molecule has 10 rings (SSSR count). The molecule has 0 N–H and O–H groups in total. The van der Waals surface area contributed by atoms with Crippen molar-refractivity contribution in [3.05, 3.63) is 181 Å². The lowest BCUT2D eigenvalue weighted by Gasteiger charge is -2.13. The predicted molar refractivity (Wildman–Crippen MR) is 218 cm³/mol. The molecule has 7 nitrogen and oxygen atoms in total. The lowest BCUT2D eigenvalue weighted by molar-refractivity contribution is 0.481. The van der Waals surface area contributed by atoms with Crippen molar-refractivity contribution in [2.45, 2.75) is 0 Å². The van der Waals surface area contributed by atoms with Crippen LogP contribution < -0.4 is 4.74 Å². The van der Waals surface area contributed by atoms with Crippen molar-refractivity contribution in [2.24, 2.45) is 0 Å². The maximum atomic E-state index is 10.5. The quantitative estimate of drug-likeness (QED) is 0.172. The summed E-state index contributed by atoms with van der Waals surface area (Å²) < 4.78 is 10.9. The summed E-state index contributed by atoms with van der Waals surface area (Å²) in [5, 5.41) is 24.8. The van der Waals surface area contributed by atoms with Crippen molar-refractivity contribution in [3.63, 3.8) is 0 Å². The van der Waals surface area contributed by atoms with Crippen molar-refractivity contribution >= 4 is 43.6 Å². The highest BCUT2D eigenvalue weighted by molar-refractivity contribution is 6.11. The van der Waals surface area contributed by atoms with E-state index in [0.717, 1.165) is 77.5 Å². The van der Waals surface area contributed by atoms with Gasteiger partial charge in [0.1, 0.15) is 35.3 Å². The number of pyridine rings is 2. The standard InChI is InChI=1S/C48H28N6O/c49-29-35-23-39-37-15-7-9-17-41(37)53(47-25-33(19-21-51-47)31-11-3-1-4-12-31)43(39)27-45(35)55-46-28-44-40(24-36(46)30-50)38-16-8-10-18-42(38)54(44)48-26-34(20-22-52-48)32-13-5-2-6-14-32/h1-28H. The summed E-state index contributed by atoms with van der Waals surface area (Å²) in [6.45, 7) is 0. The molecule has 0 saturated heterocycles. The number of rotatable bonds is 6. The summed E-state index contributed by atoms with van der Waals surface area (Å²) in [6, 6.07) is 57.0. The first-order valence-electron chi connectivity index (χ1n) is 17.8. The summed E-state index contributed by atoms with van der Waals surface area (Å²) in [7, 11) is 0. The Morgan fingerprint density at radius 2 is 0.818 bits per heavy atom. The van der Waals surface area contributed by atoms with Gasteiger partial charge in [-0.15, -0.1) is 0 Å². The average molecular weight is 705 g/mol. The van der Waals surface area contributed by atoms with E-state index in [1.54, 1.807) is 0 Å². The van der Waals surface area contributed by atoms with Gasteiger partial charge in [-0.2, -0.15) is 10.5 Å². The number of aromatic nitrogens is 4. The van der Waals surface area contributed by atoms with E-state index in [-0.39, 0.29) is 0 Å². The number of para-hydroxylation sites is 2. The van der Waals surface area contributed by atoms with Gasteiger partial charge in [-0.25, -0.2) is 9.97 Å². The molecular formula is C48H28N6O. The van der Waals surface area contributed by atoms with Crippen LogP contribution in [0.15, 0.2) is 170 Å². The molecule has 0 saturated carbocycles. The van der Waals surface area contributed by atoms with Crippen LogP contribution in [-0.2, 0) is 0 Å². The maximum Gasteiger partial charge on any atom is 0.147 e. The van der Waals surface area contributed by atoms with Gasteiger partial charge in [-0.05, 0) is 70.8 Å². The molecule has 0 aliphatic rings. The molecule has 0 atom stereocenters. The van der Waals surface area contributed by atoms with Crippen molar-refractivity contribution in [1.29, 1.82) is 10.5 Å². The molecule has 4 aromatic heterocycles. The first-order valence-corrected chi connectivity index (χ1v) is 17.8. The van der Waals surface area contributed by atoms with E-state index < -0.39 is 0 Å². The fourth-order valence-electron chi connectivity index (χ4n) is 7.65. The summed E-state index contributed by atoms with van der Waals surface area (Å²) in [5.41, 5.74) is 8.48. The molecule has 10 aromatic rings. The fraction of sp³-hybridized carbons (Fsp3) is 0. The smallest absolute Gasteiger partial charge is 0.147 e. The van der Waals surface area contributed by atoms with Crippen LogP contribution in [0.5, 0.6) is 11.5 Å². The third-order valence-electron chi connectivity index (χ3n) is 10.2. The van der Waals surface area contributed by atoms with Gasteiger partial charge >= 0.3 is 0 Å². The third-order valence-corrected chi connectivity index (χ3v) is 10.2. The molecule has 0 aliphatic heterocycles. The van der Waals surface area contributed by atoms with Crippen molar-refractivity contribution in [1.82, 2.24) is 19.1 Å². The Balaban J connectivity index is 1.16. The van der Waals surface area contributed by atoms with Crippen LogP contribution in [0.25, 0.3) is 77.5 Å². The SMILES string of the molecule is N#Cc1cc2c3ccccc3n(-c3cc(-c4ccccc4)ccn3)c2cc1Oc1cc2c(cc1C#N)c1ccccc1n2-c1cc(-c2ccccc2)ccn1. The number of hydrogen-bond donors (Lipinski definition) is 0. The van der Waals surface area contributed by atoms with Crippen LogP contribution in [0.2, 0.25) is 0 Å². The van der Waals surface area contributed by atoms with Gasteiger partial charge in [0.25, 0.3) is 0 Å². The molecule has 0 spiro atoms. The molecule has 0 unspecified atom stereocenters. The minimum atomic E-state index is 0.334. The van der Waals surface area contributed by atoms with E-state index >= 15 is 0 Å². The van der Waals surface area contributed by atoms with Crippen molar-refractivity contribution in [3.8, 4) is 57.5 Å². The summed E-state index contributed by atoms with van der Waals surface area (Å²) in [5.74, 6) is 2.14. The molecule has 6 aromatic carbocycles. The highest BCUT2D eigenvalue weighted by Gasteiger charge is 2.21. The molecule has 0 bridgehead atoms. The molecule has 0 amide bonds. The highest BCUT2D eigenvalue weighted by atomic mass is 16.5. The maximum absolute atomic E-state index is 10.5. The number of nitrogens with zero attached hydrogens (tertiary/aromatic N) is 6. The monoisotopic (exact) mass is 704 g/mol. The number of hydrogen-bond acceptors (Lipinski definition) is 5. The molecule has 55 heavy (non-hydrogen) atoms. The largest absolute Gasteiger partial charge is 0.454 e. The first-order chi connectivity index (χ1) is 27.2. The lowest BCUT2D eigenvalue weighted by atomic mass is 10.1. The van der Waals surface area contributed by atoms with E-state index in [4.69, 9.17) is 14.7 Å². The minimum absolute atomic E-state index is 0.334. The average Bonchev–Trinajstić information content (AvgIpc) is 3.75. The summed E-state index contributed by atoms with van der Waals surface area (Å²) in [4.78, 5) is 9.63. The zero-order valence-electron chi connectivity index (χ0n) is 29.3. The fourth-order valence-corrected chi connectivity index (χ4v) is 7.65. The van der Waals surface area contributed by atoms with Gasteiger partial charge in [0.2, 0.25) is 0 Å². The number of fused-ring (bicyclic) bond motifs is 6. The van der Waals surface area contributed by atoms with Gasteiger partial charge in [-0.3, -0.25) is 9.13 Å². The Morgan fingerprint density at radius 1 is 0.400 bits per heavy atom. The molecule has 4 heterocycles. The topological polar surface area (TPSA) is 92.5 Å². The van der Waals surface area contributed by atoms with Crippen LogP contribution in [-0.4, -0.2) is 19.1 Å². The Labute approximate surface area is 315 Å². The van der Waals surface area contributed by atoms with Crippen molar-refractivity contribution < 1.29 is 4.74 Å². The molecular weight excluding hydrogens is 677 g/mol. The summed E-state index contributed by atoms with van der Waals surface area (Å²) in [6.07, 6.45) is 3.63. The lowest BCUT2D eigenvalue weighted by Crippen LogP contribution is -1.99. The molecule has 0 fully saturated rings. The zero-order valence-corrected chi connectivity index (χ0v) is 29.3. The van der Waals surface area contributed by atoms with Crippen LogP contribution in [0.3, 0.4) is 0 Å².